The van der Waals surface area contributed by atoms with Crippen LogP contribution >= 0.6 is 0 Å². The summed E-state index contributed by atoms with van der Waals surface area (Å²) in [6.45, 7) is 0.306. The Morgan fingerprint density at radius 2 is 1.22 bits per heavy atom. The largest absolute Gasteiger partial charge is 0.454 e. The third kappa shape index (κ3) is 3.51. The molecule has 36 heavy (non-hydrogen) atoms. The summed E-state index contributed by atoms with van der Waals surface area (Å²) in [5, 5.41) is 42.3. The highest BCUT2D eigenvalue weighted by Gasteiger charge is 2.82. The minimum atomic E-state index is -3.75. The summed E-state index contributed by atoms with van der Waals surface area (Å²) in [5.41, 5.74) is -8.84. The number of hydrogen-bond acceptors (Lipinski definition) is 16. The fourth-order valence-electron chi connectivity index (χ4n) is 4.75. The number of esters is 6. The third-order valence-corrected chi connectivity index (χ3v) is 6.45. The first-order valence-corrected chi connectivity index (χ1v) is 10.8. The number of ether oxygens (including phenoxy) is 6. The molecule has 0 radical (unpaired) electrons. The van der Waals surface area contributed by atoms with Crippen LogP contribution in [-0.2, 0) is 57.2 Å². The Labute approximate surface area is 200 Å². The van der Waals surface area contributed by atoms with Gasteiger partial charge in [-0.15, -0.1) is 0 Å². The van der Waals surface area contributed by atoms with E-state index in [4.69, 9.17) is 28.4 Å². The van der Waals surface area contributed by atoms with E-state index in [2.05, 4.69) is 0 Å². The fraction of sp³-hybridized carbons (Fsp3) is 0.700. The molecule has 198 valence electrons. The fourth-order valence-corrected chi connectivity index (χ4v) is 4.75. The SMILES string of the molecule is CCC1(C23OC(=O)CC(O)(CC(=O)OC2CCO)C(=O)O3)OC(=O)CC2(O)CC(=O)OC1(O)OC2=O. The van der Waals surface area contributed by atoms with Crippen LogP contribution in [0.2, 0.25) is 0 Å². The molecule has 4 aliphatic rings. The first-order chi connectivity index (χ1) is 16.7. The predicted octanol–water partition coefficient (Wildman–Crippen LogP) is -3.44. The van der Waals surface area contributed by atoms with Crippen LogP contribution in [0.1, 0.15) is 45.4 Å². The van der Waals surface area contributed by atoms with Gasteiger partial charge in [0, 0.05) is 19.4 Å². The number of hydrogen-bond donors (Lipinski definition) is 4. The summed E-state index contributed by atoms with van der Waals surface area (Å²) in [7, 11) is 0. The molecular weight excluding hydrogens is 496 g/mol. The predicted molar refractivity (Wildman–Crippen MR) is 101 cm³/mol. The molecule has 16 nitrogen and oxygen atoms in total. The first-order valence-electron chi connectivity index (χ1n) is 10.8. The molecule has 4 bridgehead atoms. The summed E-state index contributed by atoms with van der Waals surface area (Å²) < 4.78 is 31.0. The summed E-state index contributed by atoms with van der Waals surface area (Å²) in [6, 6.07) is 0. The van der Waals surface area contributed by atoms with E-state index >= 15 is 0 Å². The minimum absolute atomic E-state index is 0.689. The van der Waals surface area contributed by atoms with E-state index in [0.29, 0.717) is 0 Å². The molecule has 4 N–H and O–H groups in total. The Bertz CT molecular complexity index is 1050. The smallest absolute Gasteiger partial charge is 0.424 e. The number of aliphatic hydroxyl groups is 4. The first kappa shape index (κ1) is 25.7. The molecule has 0 aromatic heterocycles. The second-order valence-electron chi connectivity index (χ2n) is 8.89. The zero-order chi connectivity index (χ0) is 26.7. The Morgan fingerprint density at radius 3 is 1.78 bits per heavy atom. The molecule has 4 rings (SSSR count). The van der Waals surface area contributed by atoms with Crippen molar-refractivity contribution in [2.24, 2.45) is 0 Å². The third-order valence-electron chi connectivity index (χ3n) is 6.45. The molecule has 0 saturated carbocycles. The van der Waals surface area contributed by atoms with Crippen LogP contribution in [0.25, 0.3) is 0 Å². The van der Waals surface area contributed by atoms with Crippen LogP contribution in [0.3, 0.4) is 0 Å². The van der Waals surface area contributed by atoms with Gasteiger partial charge in [0.25, 0.3) is 5.60 Å². The van der Waals surface area contributed by atoms with E-state index in [1.807, 2.05) is 0 Å². The lowest BCUT2D eigenvalue weighted by Crippen LogP contribution is -2.78. The molecule has 0 amide bonds. The van der Waals surface area contributed by atoms with Crippen molar-refractivity contribution in [1.82, 2.24) is 0 Å². The molecule has 6 unspecified atom stereocenters. The monoisotopic (exact) mass is 518 g/mol. The number of fused-ring (bicyclic) bond motifs is 6. The highest BCUT2D eigenvalue weighted by molar-refractivity contribution is 5.94. The van der Waals surface area contributed by atoms with Gasteiger partial charge in [0.2, 0.25) is 0 Å². The van der Waals surface area contributed by atoms with Crippen molar-refractivity contribution in [2.45, 2.75) is 80.1 Å². The van der Waals surface area contributed by atoms with Crippen LogP contribution < -0.4 is 0 Å². The van der Waals surface area contributed by atoms with Gasteiger partial charge in [-0.1, -0.05) is 6.92 Å². The Hall–Kier alpha value is -3.34. The Balaban J connectivity index is 2.05. The average Bonchev–Trinajstić information content (AvgIpc) is 2.85. The van der Waals surface area contributed by atoms with Crippen molar-refractivity contribution in [1.29, 1.82) is 0 Å². The van der Waals surface area contributed by atoms with Crippen molar-refractivity contribution in [3.05, 3.63) is 0 Å². The van der Waals surface area contributed by atoms with E-state index in [1.54, 1.807) is 0 Å². The van der Waals surface area contributed by atoms with E-state index < -0.39 is 116 Å². The maximum atomic E-state index is 13.1. The molecule has 4 fully saturated rings. The molecule has 4 aliphatic heterocycles. The Morgan fingerprint density at radius 1 is 0.722 bits per heavy atom. The minimum Gasteiger partial charge on any atom is -0.454 e. The van der Waals surface area contributed by atoms with Gasteiger partial charge in [0.05, 0.1) is 25.7 Å². The number of carbonyl (C=O) groups is 6. The lowest BCUT2D eigenvalue weighted by Gasteiger charge is -2.53. The second kappa shape index (κ2) is 8.09. The van der Waals surface area contributed by atoms with Crippen LogP contribution in [0.5, 0.6) is 0 Å². The lowest BCUT2D eigenvalue weighted by molar-refractivity contribution is -0.457. The molecule has 4 heterocycles. The Kier molecular flexibility index (Phi) is 5.78. The van der Waals surface area contributed by atoms with E-state index in [-0.39, 0.29) is 0 Å². The standard InChI is InChI=1S/C20H22O16/c1-2-18(20(30)34-13(25)8-17(29,15(27)36-20)6-11(23)32-18)19-9(3-4-21)31-10(22)5-16(28,14(26)35-19)7-12(24)33-19/h9,21,28-30H,2-8H2,1H3. The van der Waals surface area contributed by atoms with Gasteiger partial charge in [-0.25, -0.2) is 9.59 Å². The van der Waals surface area contributed by atoms with Crippen molar-refractivity contribution in [3.8, 4) is 0 Å². The summed E-state index contributed by atoms with van der Waals surface area (Å²) in [6.07, 6.45) is -8.19. The molecule has 0 aliphatic carbocycles. The average molecular weight is 518 g/mol. The molecular formula is C20H22O16. The maximum Gasteiger partial charge on any atom is 0.424 e. The topological polar surface area (TPSA) is 239 Å². The molecule has 0 aromatic rings. The van der Waals surface area contributed by atoms with Crippen LogP contribution in [0, 0.1) is 0 Å². The summed E-state index contributed by atoms with van der Waals surface area (Å²) >= 11 is 0. The zero-order valence-corrected chi connectivity index (χ0v) is 18.7. The second-order valence-corrected chi connectivity index (χ2v) is 8.89. The molecule has 6 atom stereocenters. The van der Waals surface area contributed by atoms with E-state index in [0.717, 1.165) is 6.92 Å². The molecule has 4 saturated heterocycles. The highest BCUT2D eigenvalue weighted by Crippen LogP contribution is 2.53. The van der Waals surface area contributed by atoms with E-state index in [1.165, 1.54) is 0 Å². The van der Waals surface area contributed by atoms with Crippen LogP contribution in [-0.4, -0.2) is 97.5 Å². The van der Waals surface area contributed by atoms with Crippen molar-refractivity contribution < 1.29 is 77.6 Å². The van der Waals surface area contributed by atoms with E-state index in [9.17, 15) is 49.2 Å². The van der Waals surface area contributed by atoms with Gasteiger partial charge < -0.3 is 48.8 Å². The normalized spacial score (nSPS) is 42.8. The van der Waals surface area contributed by atoms with Gasteiger partial charge in [0.1, 0.15) is 0 Å². The number of rotatable bonds is 4. The van der Waals surface area contributed by atoms with Crippen molar-refractivity contribution in [3.63, 3.8) is 0 Å². The van der Waals surface area contributed by atoms with Crippen LogP contribution in [0.15, 0.2) is 0 Å². The van der Waals surface area contributed by atoms with Gasteiger partial charge >= 0.3 is 47.6 Å². The number of cyclic esters (lactones) is 2. The zero-order valence-electron chi connectivity index (χ0n) is 18.7. The summed E-state index contributed by atoms with van der Waals surface area (Å²) in [4.78, 5) is 76.6. The molecule has 16 heteroatoms. The van der Waals surface area contributed by atoms with Crippen LogP contribution in [0.4, 0.5) is 0 Å². The van der Waals surface area contributed by atoms with Gasteiger partial charge in [-0.05, 0) is 0 Å². The van der Waals surface area contributed by atoms with Gasteiger partial charge in [-0.2, -0.15) is 0 Å². The van der Waals surface area contributed by atoms with Crippen molar-refractivity contribution >= 4 is 35.8 Å². The summed E-state index contributed by atoms with van der Waals surface area (Å²) in [5.74, 6) is -16.1. The maximum absolute atomic E-state index is 13.1. The highest BCUT2D eigenvalue weighted by atomic mass is 16.9. The molecule has 0 spiro atoms. The number of aliphatic hydroxyl groups excluding tert-OH is 1. The van der Waals surface area contributed by atoms with Gasteiger partial charge in [-0.3, -0.25) is 19.2 Å². The van der Waals surface area contributed by atoms with Gasteiger partial charge in [0.15, 0.2) is 17.3 Å². The lowest BCUT2D eigenvalue weighted by atomic mass is 9.80. The molecule has 0 aromatic carbocycles. The van der Waals surface area contributed by atoms with Crippen molar-refractivity contribution in [2.75, 3.05) is 6.61 Å². The number of carbonyl (C=O) groups excluding carboxylic acids is 6. The quantitative estimate of drug-likeness (QED) is 0.209.